The lowest BCUT2D eigenvalue weighted by atomic mass is 10.1. The summed E-state index contributed by atoms with van der Waals surface area (Å²) < 4.78 is 29.7. The van der Waals surface area contributed by atoms with E-state index in [9.17, 15) is 13.2 Å². The summed E-state index contributed by atoms with van der Waals surface area (Å²) in [7, 11) is -2.35. The van der Waals surface area contributed by atoms with Crippen LogP contribution in [0.2, 0.25) is 5.02 Å². The number of benzene rings is 1. The van der Waals surface area contributed by atoms with Gasteiger partial charge in [-0.3, -0.25) is 9.35 Å². The molecule has 0 fully saturated rings. The maximum absolute atomic E-state index is 12.3. The van der Waals surface area contributed by atoms with Crippen LogP contribution in [0.1, 0.15) is 29.3 Å². The zero-order valence-electron chi connectivity index (χ0n) is 13.8. The van der Waals surface area contributed by atoms with Gasteiger partial charge in [-0.25, -0.2) is 0 Å². The molecule has 0 radical (unpaired) electrons. The van der Waals surface area contributed by atoms with Crippen LogP contribution in [-0.2, 0) is 15.0 Å². The van der Waals surface area contributed by atoms with Gasteiger partial charge in [0.15, 0.2) is 0 Å². The Bertz CT molecular complexity index is 698. The molecule has 0 aromatic heterocycles. The maximum Gasteiger partial charge on any atom is 0.264 e. The lowest BCUT2D eigenvalue weighted by Gasteiger charge is -2.17. The van der Waals surface area contributed by atoms with Crippen LogP contribution >= 0.6 is 11.6 Å². The second kappa shape index (κ2) is 9.00. The van der Waals surface area contributed by atoms with E-state index in [0.29, 0.717) is 16.3 Å². The van der Waals surface area contributed by atoms with Crippen LogP contribution in [0.3, 0.4) is 0 Å². The number of halogens is 1. The Morgan fingerprint density at radius 1 is 1.38 bits per heavy atom. The molecular formula is C15H21ClN2O5S. The van der Waals surface area contributed by atoms with Crippen LogP contribution in [-0.4, -0.2) is 55.4 Å². The largest absolute Gasteiger partial charge is 0.396 e. The summed E-state index contributed by atoms with van der Waals surface area (Å²) in [6.45, 7) is 3.86. The molecule has 0 aliphatic carbocycles. The number of nitrogens with zero attached hydrogens (tertiary/aromatic N) is 2. The van der Waals surface area contributed by atoms with Gasteiger partial charge in [-0.15, -0.1) is 0 Å². The number of aryl methyl sites for hydroxylation is 1. The van der Waals surface area contributed by atoms with Gasteiger partial charge in [0.1, 0.15) is 6.61 Å². The Balaban J connectivity index is 2.52. The predicted molar refractivity (Wildman–Crippen MR) is 93.2 cm³/mol. The average molecular weight is 377 g/mol. The molecule has 0 atom stereocenters. The molecule has 1 rings (SSSR count). The van der Waals surface area contributed by atoms with Crippen molar-refractivity contribution in [1.82, 2.24) is 4.90 Å². The fourth-order valence-corrected chi connectivity index (χ4v) is 2.76. The highest BCUT2D eigenvalue weighted by atomic mass is 35.5. The summed E-state index contributed by atoms with van der Waals surface area (Å²) in [5.74, 6) is -0.574. The van der Waals surface area contributed by atoms with Crippen LogP contribution in [0.15, 0.2) is 23.4 Å². The minimum atomic E-state index is -3.98. The van der Waals surface area contributed by atoms with Gasteiger partial charge in [-0.1, -0.05) is 16.8 Å². The van der Waals surface area contributed by atoms with Crippen molar-refractivity contribution in [2.45, 2.75) is 20.3 Å². The second-order valence-corrected chi connectivity index (χ2v) is 7.49. The van der Waals surface area contributed by atoms with E-state index in [1.165, 1.54) is 4.90 Å². The van der Waals surface area contributed by atoms with Crippen molar-refractivity contribution in [3.63, 3.8) is 0 Å². The lowest BCUT2D eigenvalue weighted by molar-refractivity contribution is 0.0811. The van der Waals surface area contributed by atoms with Crippen LogP contribution < -0.4 is 0 Å². The van der Waals surface area contributed by atoms with Gasteiger partial charge in [0.2, 0.25) is 0 Å². The van der Waals surface area contributed by atoms with E-state index in [1.54, 1.807) is 32.2 Å². The van der Waals surface area contributed by atoms with Crippen molar-refractivity contribution < 1.29 is 22.6 Å². The number of carbonyl (C=O) groups excluding carboxylic acids is 1. The van der Waals surface area contributed by atoms with Gasteiger partial charge >= 0.3 is 0 Å². The number of rotatable bonds is 8. The summed E-state index contributed by atoms with van der Waals surface area (Å²) >= 11 is 5.96. The molecule has 0 saturated carbocycles. The highest BCUT2D eigenvalue weighted by Crippen LogP contribution is 2.15. The first-order valence-electron chi connectivity index (χ1n) is 7.22. The van der Waals surface area contributed by atoms with E-state index in [1.807, 2.05) is 6.92 Å². The summed E-state index contributed by atoms with van der Waals surface area (Å²) in [5, 5.41) is 4.31. The summed E-state index contributed by atoms with van der Waals surface area (Å²) in [5.41, 5.74) is 1.94. The van der Waals surface area contributed by atoms with Crippen molar-refractivity contribution >= 4 is 33.3 Å². The Morgan fingerprint density at radius 2 is 2.04 bits per heavy atom. The highest BCUT2D eigenvalue weighted by Gasteiger charge is 2.13. The molecular weight excluding hydrogens is 356 g/mol. The molecule has 9 heteroatoms. The van der Waals surface area contributed by atoms with Gasteiger partial charge in [-0.2, -0.15) is 8.42 Å². The smallest absolute Gasteiger partial charge is 0.264 e. The molecule has 0 aliphatic rings. The molecule has 1 aromatic carbocycles. The van der Waals surface area contributed by atoms with Crippen molar-refractivity contribution in [2.75, 3.05) is 26.0 Å². The topological polar surface area (TPSA) is 96.3 Å². The molecule has 0 heterocycles. The first-order chi connectivity index (χ1) is 11.1. The van der Waals surface area contributed by atoms with E-state index in [-0.39, 0.29) is 31.2 Å². The Labute approximate surface area is 147 Å². The fourth-order valence-electron chi connectivity index (χ4n) is 1.99. The van der Waals surface area contributed by atoms with Crippen molar-refractivity contribution in [3.8, 4) is 0 Å². The predicted octanol–water partition coefficient (Wildman–Crippen LogP) is 2.39. The average Bonchev–Trinajstić information content (AvgIpc) is 2.43. The number of hydrogen-bond acceptors (Lipinski definition) is 5. The molecule has 134 valence electrons. The minimum Gasteiger partial charge on any atom is -0.396 e. The standard InChI is InChI=1S/C15H21ClN2O5S/c1-11-7-13(9-14(16)8-11)15(19)18(3)10-12(2)17-23-5-4-6-24(20,21)22/h7-9H,4-6,10H2,1-3H3,(H,20,21,22)/b17-12+. The fraction of sp³-hybridized carbons (Fsp3) is 0.467. The van der Waals surface area contributed by atoms with E-state index >= 15 is 0 Å². The Kier molecular flexibility index (Phi) is 7.65. The van der Waals surface area contributed by atoms with Crippen LogP contribution in [0, 0.1) is 6.92 Å². The molecule has 7 nitrogen and oxygen atoms in total. The normalized spacial score (nSPS) is 12.1. The van der Waals surface area contributed by atoms with Crippen molar-refractivity contribution in [2.24, 2.45) is 5.16 Å². The zero-order valence-corrected chi connectivity index (χ0v) is 15.4. The summed E-state index contributed by atoms with van der Waals surface area (Å²) in [6.07, 6.45) is 0.131. The molecule has 0 saturated heterocycles. The lowest BCUT2D eigenvalue weighted by Crippen LogP contribution is -2.31. The Morgan fingerprint density at radius 3 is 2.62 bits per heavy atom. The third kappa shape index (κ3) is 7.76. The van der Waals surface area contributed by atoms with Gasteiger partial charge < -0.3 is 9.74 Å². The first-order valence-corrected chi connectivity index (χ1v) is 9.20. The third-order valence-electron chi connectivity index (χ3n) is 2.96. The third-order valence-corrected chi connectivity index (χ3v) is 3.98. The van der Waals surface area contributed by atoms with Gasteiger partial charge in [0.05, 0.1) is 18.0 Å². The summed E-state index contributed by atoms with van der Waals surface area (Å²) in [4.78, 5) is 18.8. The molecule has 0 aliphatic heterocycles. The Hall–Kier alpha value is -1.64. The number of hydrogen-bond donors (Lipinski definition) is 1. The SMILES string of the molecule is C/C(CN(C)C(=O)c1cc(C)cc(Cl)c1)=N\OCCCS(=O)(=O)O. The summed E-state index contributed by atoms with van der Waals surface area (Å²) in [6, 6.07) is 5.13. The van der Waals surface area contributed by atoms with Crippen molar-refractivity contribution in [1.29, 1.82) is 0 Å². The zero-order chi connectivity index (χ0) is 18.3. The van der Waals surface area contributed by atoms with Crippen LogP contribution in [0.4, 0.5) is 0 Å². The van der Waals surface area contributed by atoms with E-state index in [2.05, 4.69) is 5.16 Å². The number of oxime groups is 1. The molecule has 0 bridgehead atoms. The molecule has 24 heavy (non-hydrogen) atoms. The quantitative estimate of drug-likeness (QED) is 0.325. The van der Waals surface area contributed by atoms with Crippen LogP contribution in [0.5, 0.6) is 0 Å². The van der Waals surface area contributed by atoms with Crippen molar-refractivity contribution in [3.05, 3.63) is 34.3 Å². The second-order valence-electron chi connectivity index (χ2n) is 5.48. The number of amides is 1. The van der Waals surface area contributed by atoms with E-state index in [0.717, 1.165) is 5.56 Å². The van der Waals surface area contributed by atoms with E-state index < -0.39 is 10.1 Å². The molecule has 1 N–H and O–H groups in total. The molecule has 0 unspecified atom stereocenters. The molecule has 1 aromatic rings. The monoisotopic (exact) mass is 376 g/mol. The van der Waals surface area contributed by atoms with Crippen LogP contribution in [0.25, 0.3) is 0 Å². The maximum atomic E-state index is 12.3. The van der Waals surface area contributed by atoms with E-state index in [4.69, 9.17) is 21.0 Å². The minimum absolute atomic E-state index is 0.0578. The van der Waals surface area contributed by atoms with Gasteiger partial charge in [0.25, 0.3) is 16.0 Å². The molecule has 0 spiro atoms. The van der Waals surface area contributed by atoms with Gasteiger partial charge in [0, 0.05) is 24.1 Å². The highest BCUT2D eigenvalue weighted by molar-refractivity contribution is 7.85. The van der Waals surface area contributed by atoms with Gasteiger partial charge in [-0.05, 0) is 37.6 Å². The first kappa shape index (κ1) is 20.4. The number of carbonyl (C=O) groups is 1. The molecule has 1 amide bonds.